The van der Waals surface area contributed by atoms with Gasteiger partial charge in [0.05, 0.1) is 10.6 Å². The van der Waals surface area contributed by atoms with Crippen molar-refractivity contribution >= 4 is 26.5 Å². The molecule has 0 saturated heterocycles. The maximum atomic E-state index is 12.5. The summed E-state index contributed by atoms with van der Waals surface area (Å²) >= 11 is 1.25. The van der Waals surface area contributed by atoms with Gasteiger partial charge in [-0.05, 0) is 48.9 Å². The Labute approximate surface area is 180 Å². The molecule has 0 fully saturated rings. The molecule has 0 saturated carbocycles. The Kier molecular flexibility index (Phi) is 5.83. The molecule has 0 amide bonds. The van der Waals surface area contributed by atoms with Gasteiger partial charge in [-0.3, -0.25) is 4.72 Å². The van der Waals surface area contributed by atoms with E-state index in [4.69, 9.17) is 4.74 Å². The number of thiazole rings is 1. The van der Waals surface area contributed by atoms with E-state index in [9.17, 15) is 8.42 Å². The summed E-state index contributed by atoms with van der Waals surface area (Å²) in [5.41, 5.74) is 3.70. The molecule has 1 aromatic heterocycles. The zero-order valence-corrected chi connectivity index (χ0v) is 17.9. The van der Waals surface area contributed by atoms with Gasteiger partial charge in [0.2, 0.25) is 0 Å². The van der Waals surface area contributed by atoms with Crippen LogP contribution < -0.4 is 9.46 Å². The summed E-state index contributed by atoms with van der Waals surface area (Å²) in [4.78, 5) is 4.63. The third-order valence-electron chi connectivity index (χ3n) is 4.46. The molecular weight excluding hydrogens is 416 g/mol. The number of nitrogens with zero attached hydrogens (tertiary/aromatic N) is 1. The van der Waals surface area contributed by atoms with Gasteiger partial charge in [0.1, 0.15) is 12.4 Å². The van der Waals surface area contributed by atoms with Crippen LogP contribution in [0.1, 0.15) is 11.1 Å². The van der Waals surface area contributed by atoms with E-state index in [0.29, 0.717) is 17.4 Å². The van der Waals surface area contributed by atoms with Crippen LogP contribution in [0.15, 0.2) is 89.1 Å². The number of hydrogen-bond donors (Lipinski definition) is 1. The van der Waals surface area contributed by atoms with Crippen LogP contribution in [0.5, 0.6) is 5.75 Å². The highest BCUT2D eigenvalue weighted by molar-refractivity contribution is 7.93. The number of nitrogens with one attached hydrogen (secondary N) is 1. The topological polar surface area (TPSA) is 68.3 Å². The molecule has 0 radical (unpaired) electrons. The van der Waals surface area contributed by atoms with E-state index >= 15 is 0 Å². The highest BCUT2D eigenvalue weighted by Crippen LogP contribution is 2.28. The Morgan fingerprint density at radius 2 is 1.63 bits per heavy atom. The van der Waals surface area contributed by atoms with E-state index in [-0.39, 0.29) is 4.90 Å². The molecule has 152 valence electrons. The van der Waals surface area contributed by atoms with Gasteiger partial charge >= 0.3 is 0 Å². The number of benzene rings is 3. The number of ether oxygens (including phenoxy) is 1. The standard InChI is InChI=1S/C23H20N2O3S2/c1-17-7-13-21(14-8-17)30(26,27)25-23-24-22(16-29-23)19-9-11-20(12-10-19)28-15-18-5-3-2-4-6-18/h2-14,16H,15H2,1H3,(H,24,25). The van der Waals surface area contributed by atoms with Gasteiger partial charge < -0.3 is 4.74 Å². The number of rotatable bonds is 7. The normalized spacial score (nSPS) is 11.2. The molecule has 3 aromatic carbocycles. The zero-order valence-electron chi connectivity index (χ0n) is 16.3. The lowest BCUT2D eigenvalue weighted by Gasteiger charge is -2.07. The van der Waals surface area contributed by atoms with Crippen molar-refractivity contribution in [3.8, 4) is 17.0 Å². The van der Waals surface area contributed by atoms with Crippen molar-refractivity contribution in [2.75, 3.05) is 4.72 Å². The highest BCUT2D eigenvalue weighted by atomic mass is 32.2. The molecule has 5 nitrogen and oxygen atoms in total. The SMILES string of the molecule is Cc1ccc(S(=O)(=O)Nc2nc(-c3ccc(OCc4ccccc4)cc3)cs2)cc1. The highest BCUT2D eigenvalue weighted by Gasteiger charge is 2.16. The molecule has 7 heteroatoms. The van der Waals surface area contributed by atoms with Crippen LogP contribution in [-0.4, -0.2) is 13.4 Å². The maximum Gasteiger partial charge on any atom is 0.263 e. The third-order valence-corrected chi connectivity index (χ3v) is 6.70. The number of aryl methyl sites for hydroxylation is 1. The van der Waals surface area contributed by atoms with Crippen LogP contribution in [0.4, 0.5) is 5.13 Å². The van der Waals surface area contributed by atoms with Crippen LogP contribution in [0.25, 0.3) is 11.3 Å². The second-order valence-electron chi connectivity index (χ2n) is 6.76. The monoisotopic (exact) mass is 436 g/mol. The fraction of sp³-hybridized carbons (Fsp3) is 0.0870. The molecule has 30 heavy (non-hydrogen) atoms. The minimum Gasteiger partial charge on any atom is -0.489 e. The molecule has 4 aromatic rings. The number of anilines is 1. The summed E-state index contributed by atoms with van der Waals surface area (Å²) in [6, 6.07) is 24.3. The number of hydrogen-bond acceptors (Lipinski definition) is 5. The van der Waals surface area contributed by atoms with Gasteiger partial charge in [-0.25, -0.2) is 13.4 Å². The van der Waals surface area contributed by atoms with E-state index in [0.717, 1.165) is 22.4 Å². The Hall–Kier alpha value is -3.16. The Balaban J connectivity index is 1.42. The fourth-order valence-electron chi connectivity index (χ4n) is 2.81. The van der Waals surface area contributed by atoms with Gasteiger partial charge in [0, 0.05) is 10.9 Å². The maximum absolute atomic E-state index is 12.5. The minimum atomic E-state index is -3.66. The van der Waals surface area contributed by atoms with E-state index < -0.39 is 10.0 Å². The predicted octanol–water partition coefficient (Wildman–Crippen LogP) is 5.50. The Morgan fingerprint density at radius 3 is 2.33 bits per heavy atom. The first-order valence-corrected chi connectivity index (χ1v) is 11.7. The Morgan fingerprint density at radius 1 is 0.933 bits per heavy atom. The zero-order chi connectivity index (χ0) is 21.0. The van der Waals surface area contributed by atoms with Crippen LogP contribution in [0.2, 0.25) is 0 Å². The fourth-order valence-corrected chi connectivity index (χ4v) is 4.78. The lowest BCUT2D eigenvalue weighted by Crippen LogP contribution is -2.12. The van der Waals surface area contributed by atoms with Gasteiger partial charge in [0.25, 0.3) is 10.0 Å². The van der Waals surface area contributed by atoms with Gasteiger partial charge in [0.15, 0.2) is 5.13 Å². The van der Waals surface area contributed by atoms with Crippen LogP contribution >= 0.6 is 11.3 Å². The summed E-state index contributed by atoms with van der Waals surface area (Å²) in [6.07, 6.45) is 0. The average Bonchev–Trinajstić information content (AvgIpc) is 3.21. The van der Waals surface area contributed by atoms with Crippen molar-refractivity contribution in [3.63, 3.8) is 0 Å². The predicted molar refractivity (Wildman–Crippen MR) is 120 cm³/mol. The van der Waals surface area contributed by atoms with E-state index in [1.807, 2.05) is 66.9 Å². The molecule has 0 unspecified atom stereocenters. The number of sulfonamides is 1. The second kappa shape index (κ2) is 8.69. The van der Waals surface area contributed by atoms with Gasteiger partial charge in [-0.2, -0.15) is 0 Å². The lowest BCUT2D eigenvalue weighted by atomic mass is 10.2. The lowest BCUT2D eigenvalue weighted by molar-refractivity contribution is 0.306. The Bertz CT molecular complexity index is 1220. The van der Waals surface area contributed by atoms with E-state index in [1.165, 1.54) is 11.3 Å². The van der Waals surface area contributed by atoms with Crippen molar-refractivity contribution in [1.82, 2.24) is 4.98 Å². The van der Waals surface area contributed by atoms with Crippen LogP contribution in [0, 0.1) is 6.92 Å². The van der Waals surface area contributed by atoms with Crippen molar-refractivity contribution in [2.45, 2.75) is 18.4 Å². The van der Waals surface area contributed by atoms with Crippen LogP contribution in [-0.2, 0) is 16.6 Å². The molecule has 4 rings (SSSR count). The second-order valence-corrected chi connectivity index (χ2v) is 9.30. The van der Waals surface area contributed by atoms with E-state index in [2.05, 4.69) is 9.71 Å². The largest absolute Gasteiger partial charge is 0.489 e. The molecular formula is C23H20N2O3S2. The van der Waals surface area contributed by atoms with Crippen molar-refractivity contribution in [3.05, 3.63) is 95.4 Å². The summed E-state index contributed by atoms with van der Waals surface area (Å²) in [5, 5.41) is 2.15. The summed E-state index contributed by atoms with van der Waals surface area (Å²) in [7, 11) is -3.66. The molecule has 0 aliphatic rings. The first kappa shape index (κ1) is 20.1. The van der Waals surface area contributed by atoms with Crippen molar-refractivity contribution < 1.29 is 13.2 Å². The molecule has 0 atom stereocenters. The summed E-state index contributed by atoms with van der Waals surface area (Å²) in [5.74, 6) is 0.762. The number of aromatic nitrogens is 1. The summed E-state index contributed by atoms with van der Waals surface area (Å²) < 4.78 is 33.4. The van der Waals surface area contributed by atoms with Crippen LogP contribution in [0.3, 0.4) is 0 Å². The molecule has 0 bridgehead atoms. The summed E-state index contributed by atoms with van der Waals surface area (Å²) in [6.45, 7) is 2.41. The average molecular weight is 437 g/mol. The molecule has 0 spiro atoms. The van der Waals surface area contributed by atoms with E-state index in [1.54, 1.807) is 24.3 Å². The first-order valence-electron chi connectivity index (χ1n) is 9.32. The molecule has 0 aliphatic heterocycles. The minimum absolute atomic E-state index is 0.213. The van der Waals surface area contributed by atoms with Gasteiger partial charge in [-0.15, -0.1) is 11.3 Å². The molecule has 1 heterocycles. The first-order chi connectivity index (χ1) is 14.5. The molecule has 0 aliphatic carbocycles. The van der Waals surface area contributed by atoms with Crippen molar-refractivity contribution in [2.24, 2.45) is 0 Å². The third kappa shape index (κ3) is 4.87. The smallest absolute Gasteiger partial charge is 0.263 e. The van der Waals surface area contributed by atoms with Crippen molar-refractivity contribution in [1.29, 1.82) is 0 Å². The quantitative estimate of drug-likeness (QED) is 0.415. The molecule has 1 N–H and O–H groups in total. The van der Waals surface area contributed by atoms with Gasteiger partial charge in [-0.1, -0.05) is 48.0 Å².